The largest absolute Gasteiger partial charge is 0.446 e. The van der Waals surface area contributed by atoms with Crippen LogP contribution in [-0.4, -0.2) is 27.8 Å². The zero-order chi connectivity index (χ0) is 23.2. The lowest BCUT2D eigenvalue weighted by Crippen LogP contribution is -2.46. The van der Waals surface area contributed by atoms with Gasteiger partial charge in [0.25, 0.3) is 0 Å². The van der Waals surface area contributed by atoms with E-state index in [-0.39, 0.29) is 11.7 Å². The zero-order valence-electron chi connectivity index (χ0n) is 19.7. The second kappa shape index (κ2) is 11.0. The fourth-order valence-corrected chi connectivity index (χ4v) is 3.43. The molecule has 2 unspecified atom stereocenters. The van der Waals surface area contributed by atoms with Gasteiger partial charge in [-0.2, -0.15) is 0 Å². The molecule has 1 N–H and O–H groups in total. The summed E-state index contributed by atoms with van der Waals surface area (Å²) in [6.07, 6.45) is 0.548. The summed E-state index contributed by atoms with van der Waals surface area (Å²) < 4.78 is 6.33. The van der Waals surface area contributed by atoms with Crippen LogP contribution in [-0.2, 0) is 20.1 Å². The number of ether oxygens (including phenoxy) is 1. The van der Waals surface area contributed by atoms with Gasteiger partial charge in [0.1, 0.15) is 11.7 Å². The van der Waals surface area contributed by atoms with Crippen LogP contribution in [0.2, 0.25) is 0 Å². The Morgan fingerprint density at radius 1 is 1.17 bits per heavy atom. The van der Waals surface area contributed by atoms with Crippen molar-refractivity contribution in [3.63, 3.8) is 0 Å². The minimum Gasteiger partial charge on any atom is -0.446 e. The third-order valence-corrected chi connectivity index (χ3v) is 6.59. The van der Waals surface area contributed by atoms with Gasteiger partial charge in [0, 0.05) is 10.8 Å². The van der Waals surface area contributed by atoms with Gasteiger partial charge in [0.15, 0.2) is 0 Å². The molecule has 0 spiro atoms. The fourth-order valence-electron chi connectivity index (χ4n) is 2.80. The van der Waals surface area contributed by atoms with Crippen LogP contribution in [0, 0.1) is 0 Å². The number of rotatable bonds is 11. The van der Waals surface area contributed by atoms with E-state index in [0.29, 0.717) is 10.8 Å². The van der Waals surface area contributed by atoms with Crippen molar-refractivity contribution in [1.82, 2.24) is 5.32 Å². The molecule has 0 aromatic heterocycles. The van der Waals surface area contributed by atoms with Crippen LogP contribution >= 0.6 is 22.6 Å². The highest BCUT2D eigenvalue weighted by Crippen LogP contribution is 2.27. The van der Waals surface area contributed by atoms with E-state index in [1.807, 2.05) is 73.6 Å². The van der Waals surface area contributed by atoms with Crippen molar-refractivity contribution in [2.45, 2.75) is 91.1 Å². The summed E-state index contributed by atoms with van der Waals surface area (Å²) in [5.74, 6) is 0. The van der Waals surface area contributed by atoms with Gasteiger partial charge in [-0.05, 0) is 72.1 Å². The van der Waals surface area contributed by atoms with Gasteiger partial charge in [-0.1, -0.05) is 59.9 Å². The number of hydrogen-bond donors (Lipinski definition) is 1. The maximum atomic E-state index is 12.6. The lowest BCUT2D eigenvalue weighted by Gasteiger charge is -2.33. The summed E-state index contributed by atoms with van der Waals surface area (Å²) in [5, 5.41) is 3.04. The average Bonchev–Trinajstić information content (AvgIpc) is 2.66. The van der Waals surface area contributed by atoms with Crippen LogP contribution < -0.4 is 5.32 Å². The summed E-state index contributed by atoms with van der Waals surface area (Å²) >= 11 is 2.28. The number of hydrogen-bond acceptors (Lipinski definition) is 4. The summed E-state index contributed by atoms with van der Waals surface area (Å²) in [6.45, 7) is 19.7. The predicted octanol–water partition coefficient (Wildman–Crippen LogP) is 6.79. The average molecular weight is 531 g/mol. The van der Waals surface area contributed by atoms with Gasteiger partial charge in [-0.15, -0.1) is 0 Å². The Labute approximate surface area is 196 Å². The molecular formula is C24H38INO4. The number of alkyl halides is 1. The highest BCUT2D eigenvalue weighted by Gasteiger charge is 2.32. The van der Waals surface area contributed by atoms with Crippen LogP contribution in [0.3, 0.4) is 0 Å². The molecule has 0 aliphatic carbocycles. The van der Waals surface area contributed by atoms with E-state index >= 15 is 0 Å². The summed E-state index contributed by atoms with van der Waals surface area (Å²) in [7, 11) is 0. The highest BCUT2D eigenvalue weighted by atomic mass is 127. The number of alkyl carbamates (subject to hydrolysis) is 1. The highest BCUT2D eigenvalue weighted by molar-refractivity contribution is 14.1. The molecule has 0 radical (unpaired) electrons. The normalized spacial score (nSPS) is 15.2. The molecule has 0 saturated carbocycles. The number of carbonyl (C=O) groups is 1. The Morgan fingerprint density at radius 2 is 1.77 bits per heavy atom. The van der Waals surface area contributed by atoms with Crippen LogP contribution in [0.25, 0.3) is 5.57 Å². The molecule has 0 bridgehead atoms. The first-order valence-electron chi connectivity index (χ1n) is 10.4. The number of halogens is 1. The van der Waals surface area contributed by atoms with Gasteiger partial charge in [-0.3, -0.25) is 0 Å². The maximum Gasteiger partial charge on any atom is 0.408 e. The molecular weight excluding hydrogens is 493 g/mol. The van der Waals surface area contributed by atoms with Gasteiger partial charge in [0.05, 0.1) is 11.1 Å². The van der Waals surface area contributed by atoms with Crippen molar-refractivity contribution in [2.24, 2.45) is 0 Å². The van der Waals surface area contributed by atoms with E-state index in [1.54, 1.807) is 0 Å². The van der Waals surface area contributed by atoms with E-state index in [4.69, 9.17) is 14.5 Å². The molecule has 0 aliphatic heterocycles. The minimum absolute atomic E-state index is 0.339. The molecule has 1 aromatic rings. The van der Waals surface area contributed by atoms with E-state index < -0.39 is 17.2 Å². The van der Waals surface area contributed by atoms with Gasteiger partial charge in [0.2, 0.25) is 0 Å². The number of amides is 1. The molecule has 0 heterocycles. The first-order valence-corrected chi connectivity index (χ1v) is 11.9. The summed E-state index contributed by atoms with van der Waals surface area (Å²) in [5.41, 5.74) is 1.55. The van der Waals surface area contributed by atoms with Crippen molar-refractivity contribution in [3.05, 3.63) is 42.0 Å². The van der Waals surface area contributed by atoms with Crippen molar-refractivity contribution >= 4 is 34.3 Å². The lowest BCUT2D eigenvalue weighted by atomic mass is 9.92. The first kappa shape index (κ1) is 26.9. The van der Waals surface area contributed by atoms with Crippen LogP contribution in [0.15, 0.2) is 30.8 Å². The quantitative estimate of drug-likeness (QED) is 0.148. The van der Waals surface area contributed by atoms with Gasteiger partial charge >= 0.3 is 6.09 Å². The Balaban J connectivity index is 2.74. The standard InChI is InChI=1S/C24H38INO4/c1-10-22(5,6)29-30-23(7,8)15-18(4)28-21(27)26-24(9,16-25)20-13-11-12-19(14-20)17(2)3/h11-14,18H,2,10,15-16H2,1,3-9H3,(H,26,27). The van der Waals surface area contributed by atoms with E-state index in [1.165, 1.54) is 0 Å². The number of carbonyl (C=O) groups excluding carboxylic acids is 1. The molecule has 0 aliphatic rings. The fraction of sp³-hybridized carbons (Fsp3) is 0.625. The summed E-state index contributed by atoms with van der Waals surface area (Å²) in [4.78, 5) is 23.9. The monoisotopic (exact) mass is 531 g/mol. The second-order valence-electron chi connectivity index (χ2n) is 9.41. The molecule has 30 heavy (non-hydrogen) atoms. The van der Waals surface area contributed by atoms with Crippen molar-refractivity contribution in [2.75, 3.05) is 4.43 Å². The van der Waals surface area contributed by atoms with Crippen LogP contribution in [0.1, 0.15) is 79.4 Å². The smallest absolute Gasteiger partial charge is 0.408 e. The maximum absolute atomic E-state index is 12.6. The Morgan fingerprint density at radius 3 is 2.30 bits per heavy atom. The van der Waals surface area contributed by atoms with E-state index in [9.17, 15) is 4.79 Å². The number of allylic oxidation sites excluding steroid dienone is 1. The lowest BCUT2D eigenvalue weighted by molar-refractivity contribution is -0.403. The molecule has 1 amide bonds. The molecule has 2 atom stereocenters. The number of nitrogens with one attached hydrogen (secondary N) is 1. The van der Waals surface area contributed by atoms with E-state index in [0.717, 1.165) is 23.1 Å². The van der Waals surface area contributed by atoms with Crippen molar-refractivity contribution in [3.8, 4) is 0 Å². The molecule has 6 heteroatoms. The predicted molar refractivity (Wildman–Crippen MR) is 132 cm³/mol. The molecule has 0 saturated heterocycles. The SMILES string of the molecule is C=C(C)c1cccc(C(C)(CI)NC(=O)OC(C)CC(C)(C)OOC(C)(C)CC)c1. The molecule has 170 valence electrons. The van der Waals surface area contributed by atoms with Gasteiger partial charge < -0.3 is 10.1 Å². The molecule has 1 rings (SSSR count). The second-order valence-corrected chi connectivity index (χ2v) is 10.2. The third kappa shape index (κ3) is 8.55. The van der Waals surface area contributed by atoms with Crippen LogP contribution in [0.4, 0.5) is 4.79 Å². The number of benzene rings is 1. The third-order valence-electron chi connectivity index (χ3n) is 5.07. The topological polar surface area (TPSA) is 56.8 Å². The van der Waals surface area contributed by atoms with Gasteiger partial charge in [-0.25, -0.2) is 14.6 Å². The van der Waals surface area contributed by atoms with Crippen LogP contribution in [0.5, 0.6) is 0 Å². The Kier molecular flexibility index (Phi) is 9.83. The molecule has 1 aromatic carbocycles. The molecule has 5 nitrogen and oxygen atoms in total. The van der Waals surface area contributed by atoms with E-state index in [2.05, 4.69) is 40.6 Å². The molecule has 0 fully saturated rings. The van der Waals surface area contributed by atoms with Crippen molar-refractivity contribution < 1.29 is 19.3 Å². The summed E-state index contributed by atoms with van der Waals surface area (Å²) in [6, 6.07) is 8.08. The van der Waals surface area contributed by atoms with Crippen molar-refractivity contribution in [1.29, 1.82) is 0 Å². The Hall–Kier alpha value is -1.12. The first-order chi connectivity index (χ1) is 13.7. The minimum atomic E-state index is -0.589. The zero-order valence-corrected chi connectivity index (χ0v) is 21.9. The Bertz CT molecular complexity index is 732.